The molecule has 0 aliphatic rings. The molecule has 0 fully saturated rings. The molecule has 1 amide bonds. The molecule has 2 N–H and O–H groups in total. The molecule has 180 valence electrons. The number of carbonyl (C=O) groups excluding carboxylic acids is 1. The van der Waals surface area contributed by atoms with E-state index in [2.05, 4.69) is 10.0 Å². The fraction of sp³-hybridized carbons (Fsp3) is 0.208. The summed E-state index contributed by atoms with van der Waals surface area (Å²) in [5, 5.41) is 3.07. The molecule has 0 atom stereocenters. The van der Waals surface area contributed by atoms with Crippen LogP contribution in [0.3, 0.4) is 0 Å². The largest absolute Gasteiger partial charge is 0.497 e. The first-order valence-electron chi connectivity index (χ1n) is 10.3. The highest BCUT2D eigenvalue weighted by atomic mass is 35.5. The van der Waals surface area contributed by atoms with Gasteiger partial charge in [-0.15, -0.1) is 0 Å². The summed E-state index contributed by atoms with van der Waals surface area (Å²) in [5.74, 6) is 1.32. The highest BCUT2D eigenvalue weighted by Gasteiger charge is 2.15. The Morgan fingerprint density at radius 3 is 2.21 bits per heavy atom. The van der Waals surface area contributed by atoms with Gasteiger partial charge in [-0.1, -0.05) is 23.7 Å². The smallest absolute Gasteiger partial charge is 0.261 e. The summed E-state index contributed by atoms with van der Waals surface area (Å²) in [6, 6.07) is 18.0. The fourth-order valence-corrected chi connectivity index (χ4v) is 4.30. The molecule has 8 nitrogen and oxygen atoms in total. The fourth-order valence-electron chi connectivity index (χ4n) is 3.00. The lowest BCUT2D eigenvalue weighted by Crippen LogP contribution is -2.30. The molecule has 0 aliphatic heterocycles. The van der Waals surface area contributed by atoms with E-state index in [0.29, 0.717) is 30.2 Å². The van der Waals surface area contributed by atoms with Crippen LogP contribution in [0, 0.1) is 0 Å². The third kappa shape index (κ3) is 7.03. The Bertz CT molecular complexity index is 1220. The van der Waals surface area contributed by atoms with Crippen LogP contribution in [0.2, 0.25) is 5.02 Å². The van der Waals surface area contributed by atoms with Gasteiger partial charge in [0, 0.05) is 6.54 Å². The molecule has 0 saturated heterocycles. The Kier molecular flexibility index (Phi) is 8.61. The number of rotatable bonds is 11. The average molecular weight is 505 g/mol. The number of nitrogens with one attached hydrogen (secondary N) is 2. The minimum Gasteiger partial charge on any atom is -0.497 e. The number of carbonyl (C=O) groups is 1. The quantitative estimate of drug-likeness (QED) is 0.410. The molecule has 0 spiro atoms. The van der Waals surface area contributed by atoms with Gasteiger partial charge in [-0.2, -0.15) is 0 Å². The lowest BCUT2D eigenvalue weighted by atomic mass is 10.1. The van der Waals surface area contributed by atoms with Crippen molar-refractivity contribution >= 4 is 33.2 Å². The van der Waals surface area contributed by atoms with E-state index in [0.717, 1.165) is 11.3 Å². The highest BCUT2D eigenvalue weighted by Crippen LogP contribution is 2.28. The maximum Gasteiger partial charge on any atom is 0.261 e. The van der Waals surface area contributed by atoms with Crippen LogP contribution in [-0.4, -0.2) is 41.7 Å². The van der Waals surface area contributed by atoms with Crippen LogP contribution in [0.4, 0.5) is 5.69 Å². The normalized spacial score (nSPS) is 10.9. The Labute approximate surface area is 203 Å². The number of benzene rings is 3. The van der Waals surface area contributed by atoms with E-state index in [1.165, 1.54) is 37.4 Å². The van der Waals surface area contributed by atoms with Crippen molar-refractivity contribution in [3.8, 4) is 17.2 Å². The summed E-state index contributed by atoms with van der Waals surface area (Å²) in [6.45, 7) is 0.282. The Balaban J connectivity index is 1.47. The summed E-state index contributed by atoms with van der Waals surface area (Å²) in [7, 11) is -0.751. The Hall–Kier alpha value is -3.43. The van der Waals surface area contributed by atoms with Gasteiger partial charge in [-0.3, -0.25) is 9.52 Å². The molecule has 0 aliphatic carbocycles. The average Bonchev–Trinajstić information content (AvgIpc) is 2.83. The van der Waals surface area contributed by atoms with Gasteiger partial charge in [0.25, 0.3) is 15.9 Å². The third-order valence-electron chi connectivity index (χ3n) is 4.80. The molecule has 0 saturated carbocycles. The molecule has 3 rings (SSSR count). The van der Waals surface area contributed by atoms with E-state index >= 15 is 0 Å². The summed E-state index contributed by atoms with van der Waals surface area (Å²) < 4.78 is 43.3. The first kappa shape index (κ1) is 25.2. The van der Waals surface area contributed by atoms with Crippen LogP contribution in [0.15, 0.2) is 71.6 Å². The molecule has 10 heteroatoms. The molecular weight excluding hydrogens is 480 g/mol. The van der Waals surface area contributed by atoms with Crippen molar-refractivity contribution < 1.29 is 27.4 Å². The maximum atomic E-state index is 12.6. The van der Waals surface area contributed by atoms with E-state index in [1.807, 2.05) is 24.3 Å². The van der Waals surface area contributed by atoms with Gasteiger partial charge in [-0.25, -0.2) is 8.42 Å². The van der Waals surface area contributed by atoms with Gasteiger partial charge >= 0.3 is 0 Å². The van der Waals surface area contributed by atoms with E-state index in [1.54, 1.807) is 19.2 Å². The zero-order valence-corrected chi connectivity index (χ0v) is 20.3. The highest BCUT2D eigenvalue weighted by molar-refractivity contribution is 7.92. The molecule has 0 bridgehead atoms. The second-order valence-electron chi connectivity index (χ2n) is 7.16. The number of anilines is 1. The number of methoxy groups -OCH3 is 2. The first-order chi connectivity index (χ1) is 16.3. The molecule has 3 aromatic rings. The van der Waals surface area contributed by atoms with Crippen molar-refractivity contribution in [3.63, 3.8) is 0 Å². The van der Waals surface area contributed by atoms with Crippen molar-refractivity contribution in [2.75, 3.05) is 32.1 Å². The lowest BCUT2D eigenvalue weighted by molar-refractivity contribution is -0.123. The van der Waals surface area contributed by atoms with Crippen molar-refractivity contribution in [1.29, 1.82) is 0 Å². The number of hydrogen-bond acceptors (Lipinski definition) is 6. The van der Waals surface area contributed by atoms with Crippen LogP contribution in [0.25, 0.3) is 0 Å². The molecule has 0 unspecified atom stereocenters. The second-order valence-corrected chi connectivity index (χ2v) is 9.25. The molecule has 0 aromatic heterocycles. The van der Waals surface area contributed by atoms with Crippen LogP contribution in [-0.2, 0) is 21.2 Å². The van der Waals surface area contributed by atoms with Crippen molar-refractivity contribution in [3.05, 3.63) is 77.3 Å². The Morgan fingerprint density at radius 2 is 1.59 bits per heavy atom. The van der Waals surface area contributed by atoms with Crippen LogP contribution in [0.1, 0.15) is 5.56 Å². The zero-order valence-electron chi connectivity index (χ0n) is 18.7. The number of hydrogen-bond donors (Lipinski definition) is 2. The van der Waals surface area contributed by atoms with Crippen molar-refractivity contribution in [2.45, 2.75) is 11.3 Å². The summed E-state index contributed by atoms with van der Waals surface area (Å²) in [5.41, 5.74) is 1.38. The molecule has 3 aromatic carbocycles. The van der Waals surface area contributed by atoms with Crippen LogP contribution in [0.5, 0.6) is 17.2 Å². The van der Waals surface area contributed by atoms with Gasteiger partial charge < -0.3 is 19.5 Å². The standard InChI is InChI=1S/C24H25ClN2O6S/c1-31-19-6-3-17(4-7-19)13-14-26-24(28)16-33-20-8-10-21(11-9-20)34(29,30)27-18-5-12-23(32-2)22(25)15-18/h3-12,15,27H,13-14,16H2,1-2H3,(H,26,28). The van der Waals surface area contributed by atoms with Gasteiger partial charge in [0.2, 0.25) is 0 Å². The SMILES string of the molecule is COc1ccc(CCNC(=O)COc2ccc(S(=O)(=O)Nc3ccc(OC)c(Cl)c3)cc2)cc1. The van der Waals surface area contributed by atoms with Crippen LogP contribution < -0.4 is 24.2 Å². The van der Waals surface area contributed by atoms with E-state index in [-0.39, 0.29) is 22.4 Å². The molecule has 34 heavy (non-hydrogen) atoms. The van der Waals surface area contributed by atoms with Gasteiger partial charge in [0.05, 0.1) is 29.8 Å². The van der Waals surface area contributed by atoms with Gasteiger partial charge in [0.15, 0.2) is 6.61 Å². The number of ether oxygens (including phenoxy) is 3. The summed E-state index contributed by atoms with van der Waals surface area (Å²) >= 11 is 6.05. The molecule has 0 heterocycles. The summed E-state index contributed by atoms with van der Waals surface area (Å²) in [6.07, 6.45) is 0.675. The number of halogens is 1. The van der Waals surface area contributed by atoms with Gasteiger partial charge in [0.1, 0.15) is 17.2 Å². The predicted molar refractivity (Wildman–Crippen MR) is 130 cm³/mol. The second kappa shape index (κ2) is 11.6. The topological polar surface area (TPSA) is 103 Å². The van der Waals surface area contributed by atoms with Crippen LogP contribution >= 0.6 is 11.6 Å². The van der Waals surface area contributed by atoms with Crippen molar-refractivity contribution in [1.82, 2.24) is 5.32 Å². The van der Waals surface area contributed by atoms with E-state index < -0.39 is 10.0 Å². The zero-order chi connectivity index (χ0) is 24.6. The third-order valence-corrected chi connectivity index (χ3v) is 6.50. The van der Waals surface area contributed by atoms with Crippen molar-refractivity contribution in [2.24, 2.45) is 0 Å². The van der Waals surface area contributed by atoms with E-state index in [4.69, 9.17) is 25.8 Å². The number of sulfonamides is 1. The Morgan fingerprint density at radius 1 is 0.912 bits per heavy atom. The first-order valence-corrected chi connectivity index (χ1v) is 12.2. The van der Waals surface area contributed by atoms with E-state index in [9.17, 15) is 13.2 Å². The molecular formula is C24H25ClN2O6S. The predicted octanol–water partition coefficient (Wildman–Crippen LogP) is 3.90. The maximum absolute atomic E-state index is 12.6. The van der Waals surface area contributed by atoms with Gasteiger partial charge in [-0.05, 0) is 66.6 Å². The monoisotopic (exact) mass is 504 g/mol. The summed E-state index contributed by atoms with van der Waals surface area (Å²) in [4.78, 5) is 12.1. The minimum atomic E-state index is -3.83. The molecule has 0 radical (unpaired) electrons. The lowest BCUT2D eigenvalue weighted by Gasteiger charge is -2.11. The number of amides is 1. The minimum absolute atomic E-state index is 0.0377.